The van der Waals surface area contributed by atoms with E-state index in [0.717, 1.165) is 12.8 Å². The van der Waals surface area contributed by atoms with Gasteiger partial charge in [0.15, 0.2) is 10.3 Å². The Hall–Kier alpha value is -0.870. The Balaban J connectivity index is 2.15. The Bertz CT molecular complexity index is 459. The summed E-state index contributed by atoms with van der Waals surface area (Å²) in [6.45, 7) is 0. The maximum atomic E-state index is 12.4. The molecule has 1 amide bonds. The first-order chi connectivity index (χ1) is 9.09. The van der Waals surface area contributed by atoms with Gasteiger partial charge in [0.2, 0.25) is 0 Å². The van der Waals surface area contributed by atoms with Crippen molar-refractivity contribution in [3.63, 3.8) is 0 Å². The zero-order chi connectivity index (χ0) is 13.8. The van der Waals surface area contributed by atoms with E-state index in [2.05, 4.69) is 10.2 Å². The Morgan fingerprint density at radius 3 is 2.47 bits per heavy atom. The van der Waals surface area contributed by atoms with Crippen molar-refractivity contribution in [2.24, 2.45) is 0 Å². The lowest BCUT2D eigenvalue weighted by molar-refractivity contribution is 0.0717. The van der Waals surface area contributed by atoms with E-state index in [1.165, 1.54) is 31.7 Å². The van der Waals surface area contributed by atoms with Crippen LogP contribution in [0.3, 0.4) is 0 Å². The smallest absolute Gasteiger partial charge is 0.257 e. The normalized spacial score (nSPS) is 17.0. The number of aromatic nitrogens is 2. The van der Waals surface area contributed by atoms with Crippen LogP contribution in [0.15, 0.2) is 6.07 Å². The van der Waals surface area contributed by atoms with Crippen LogP contribution >= 0.6 is 23.2 Å². The van der Waals surface area contributed by atoms with Gasteiger partial charge >= 0.3 is 0 Å². The standard InChI is InChI=1S/C13H17Cl2N3O/c1-18(9-6-4-2-3-5-7-9)13(19)10-8-11(14)16-17-12(10)15/h8-9H,2-7H2,1H3. The van der Waals surface area contributed by atoms with E-state index in [9.17, 15) is 4.79 Å². The van der Waals surface area contributed by atoms with Gasteiger partial charge in [-0.2, -0.15) is 0 Å². The molecule has 0 aromatic carbocycles. The van der Waals surface area contributed by atoms with Crippen LogP contribution in [0.5, 0.6) is 0 Å². The molecule has 0 spiro atoms. The molecule has 2 rings (SSSR count). The van der Waals surface area contributed by atoms with Gasteiger partial charge in [-0.3, -0.25) is 4.79 Å². The van der Waals surface area contributed by atoms with E-state index in [1.54, 1.807) is 4.90 Å². The number of amides is 1. The minimum absolute atomic E-state index is 0.106. The average molecular weight is 302 g/mol. The van der Waals surface area contributed by atoms with Crippen LogP contribution in [-0.2, 0) is 0 Å². The molecule has 6 heteroatoms. The zero-order valence-electron chi connectivity index (χ0n) is 10.9. The predicted octanol–water partition coefficient (Wildman–Crippen LogP) is 3.58. The van der Waals surface area contributed by atoms with Crippen LogP contribution in [0.2, 0.25) is 10.3 Å². The van der Waals surface area contributed by atoms with Crippen molar-refractivity contribution in [3.8, 4) is 0 Å². The first kappa shape index (κ1) is 14.5. The molecule has 0 bridgehead atoms. The van der Waals surface area contributed by atoms with Crippen LogP contribution in [-0.4, -0.2) is 34.1 Å². The maximum Gasteiger partial charge on any atom is 0.257 e. The third kappa shape index (κ3) is 3.57. The third-order valence-electron chi connectivity index (χ3n) is 3.64. The summed E-state index contributed by atoms with van der Waals surface area (Å²) in [5, 5.41) is 7.59. The molecule has 0 N–H and O–H groups in total. The van der Waals surface area contributed by atoms with Crippen LogP contribution in [0.4, 0.5) is 0 Å². The number of nitrogens with zero attached hydrogens (tertiary/aromatic N) is 3. The lowest BCUT2D eigenvalue weighted by atomic mass is 10.1. The number of rotatable bonds is 2. The second kappa shape index (κ2) is 6.53. The molecule has 0 radical (unpaired) electrons. The summed E-state index contributed by atoms with van der Waals surface area (Å²) >= 11 is 11.7. The topological polar surface area (TPSA) is 46.1 Å². The number of halogens is 2. The third-order valence-corrected chi connectivity index (χ3v) is 4.11. The highest BCUT2D eigenvalue weighted by Crippen LogP contribution is 2.24. The number of carbonyl (C=O) groups excluding carboxylic acids is 1. The van der Waals surface area contributed by atoms with Gasteiger partial charge < -0.3 is 4.90 Å². The Morgan fingerprint density at radius 1 is 1.21 bits per heavy atom. The van der Waals surface area contributed by atoms with Gasteiger partial charge in [-0.15, -0.1) is 10.2 Å². The Morgan fingerprint density at radius 2 is 1.84 bits per heavy atom. The fraction of sp³-hybridized carbons (Fsp3) is 0.615. The second-order valence-electron chi connectivity index (χ2n) is 4.93. The predicted molar refractivity (Wildman–Crippen MR) is 75.6 cm³/mol. The first-order valence-corrected chi connectivity index (χ1v) is 7.31. The van der Waals surface area contributed by atoms with E-state index < -0.39 is 0 Å². The number of hydrogen-bond acceptors (Lipinski definition) is 3. The van der Waals surface area contributed by atoms with Gasteiger partial charge in [0.1, 0.15) is 0 Å². The largest absolute Gasteiger partial charge is 0.339 e. The molecule has 0 aliphatic heterocycles. The lowest BCUT2D eigenvalue weighted by Gasteiger charge is -2.27. The molecular weight excluding hydrogens is 285 g/mol. The SMILES string of the molecule is CN(C(=O)c1cc(Cl)nnc1Cl)C1CCCCCC1. The van der Waals surface area contributed by atoms with Crippen molar-refractivity contribution >= 4 is 29.1 Å². The van der Waals surface area contributed by atoms with Crippen molar-refractivity contribution in [3.05, 3.63) is 21.9 Å². The molecule has 0 atom stereocenters. The molecule has 1 aliphatic rings. The number of hydrogen-bond donors (Lipinski definition) is 0. The molecule has 1 heterocycles. The average Bonchev–Trinajstić information content (AvgIpc) is 2.69. The minimum atomic E-state index is -0.131. The molecule has 4 nitrogen and oxygen atoms in total. The minimum Gasteiger partial charge on any atom is -0.339 e. The molecule has 104 valence electrons. The highest BCUT2D eigenvalue weighted by molar-refractivity contribution is 6.34. The van der Waals surface area contributed by atoms with E-state index in [4.69, 9.17) is 23.2 Å². The van der Waals surface area contributed by atoms with E-state index in [1.807, 2.05) is 7.05 Å². The first-order valence-electron chi connectivity index (χ1n) is 6.55. The van der Waals surface area contributed by atoms with E-state index >= 15 is 0 Å². The lowest BCUT2D eigenvalue weighted by Crippen LogP contribution is -2.37. The molecule has 1 aliphatic carbocycles. The van der Waals surface area contributed by atoms with Crippen molar-refractivity contribution in [1.82, 2.24) is 15.1 Å². The summed E-state index contributed by atoms with van der Waals surface area (Å²) in [6.07, 6.45) is 6.94. The van der Waals surface area contributed by atoms with Crippen molar-refractivity contribution in [1.29, 1.82) is 0 Å². The van der Waals surface area contributed by atoms with Gasteiger partial charge in [0, 0.05) is 13.1 Å². The van der Waals surface area contributed by atoms with Crippen LogP contribution in [0.1, 0.15) is 48.9 Å². The molecule has 1 saturated carbocycles. The highest BCUT2D eigenvalue weighted by atomic mass is 35.5. The molecular formula is C13H17Cl2N3O. The van der Waals surface area contributed by atoms with Gasteiger partial charge in [0.05, 0.1) is 5.56 Å². The monoisotopic (exact) mass is 301 g/mol. The van der Waals surface area contributed by atoms with Crippen LogP contribution in [0, 0.1) is 0 Å². The van der Waals surface area contributed by atoms with E-state index in [-0.39, 0.29) is 22.3 Å². The van der Waals surface area contributed by atoms with Crippen LogP contribution < -0.4 is 0 Å². The summed E-state index contributed by atoms with van der Waals surface area (Å²) in [7, 11) is 1.82. The fourth-order valence-electron chi connectivity index (χ4n) is 2.50. The summed E-state index contributed by atoms with van der Waals surface area (Å²) in [6, 6.07) is 1.75. The molecule has 19 heavy (non-hydrogen) atoms. The Labute approximate surface area is 123 Å². The summed E-state index contributed by atoms with van der Waals surface area (Å²) in [4.78, 5) is 14.2. The van der Waals surface area contributed by atoms with Crippen LogP contribution in [0.25, 0.3) is 0 Å². The van der Waals surface area contributed by atoms with Crippen molar-refractivity contribution in [2.75, 3.05) is 7.05 Å². The molecule has 0 unspecified atom stereocenters. The quantitative estimate of drug-likeness (QED) is 0.784. The van der Waals surface area contributed by atoms with Gasteiger partial charge in [-0.1, -0.05) is 48.9 Å². The molecule has 1 aromatic heterocycles. The molecule has 0 saturated heterocycles. The van der Waals surface area contributed by atoms with Crippen molar-refractivity contribution < 1.29 is 4.79 Å². The summed E-state index contributed by atoms with van der Waals surface area (Å²) in [5.74, 6) is -0.131. The van der Waals surface area contributed by atoms with Gasteiger partial charge in [-0.05, 0) is 18.9 Å². The zero-order valence-corrected chi connectivity index (χ0v) is 12.4. The van der Waals surface area contributed by atoms with Gasteiger partial charge in [-0.25, -0.2) is 0 Å². The number of carbonyl (C=O) groups is 1. The molecule has 1 aromatic rings. The maximum absolute atomic E-state index is 12.4. The molecule has 1 fully saturated rings. The summed E-state index contributed by atoms with van der Waals surface area (Å²) < 4.78 is 0. The Kier molecular flexibility index (Phi) is 4.99. The van der Waals surface area contributed by atoms with Gasteiger partial charge in [0.25, 0.3) is 5.91 Å². The summed E-state index contributed by atoms with van der Waals surface area (Å²) in [5.41, 5.74) is 0.327. The second-order valence-corrected chi connectivity index (χ2v) is 5.68. The highest BCUT2D eigenvalue weighted by Gasteiger charge is 2.24. The fourth-order valence-corrected chi connectivity index (χ4v) is 2.82. The van der Waals surface area contributed by atoms with E-state index in [0.29, 0.717) is 5.56 Å². The van der Waals surface area contributed by atoms with Crippen molar-refractivity contribution in [2.45, 2.75) is 44.6 Å².